The fourth-order valence-electron chi connectivity index (χ4n) is 4.59. The van der Waals surface area contributed by atoms with Crippen LogP contribution in [0.3, 0.4) is 0 Å². The van der Waals surface area contributed by atoms with E-state index in [2.05, 4.69) is 46.3 Å². The summed E-state index contributed by atoms with van der Waals surface area (Å²) < 4.78 is 5.49. The zero-order valence-corrected chi connectivity index (χ0v) is 17.5. The predicted octanol–water partition coefficient (Wildman–Crippen LogP) is 3.29. The zero-order valence-electron chi connectivity index (χ0n) is 17.5. The van der Waals surface area contributed by atoms with Gasteiger partial charge in [0.25, 0.3) is 0 Å². The standard InChI is InChI=1S/C23H30N4O2/c1-26(2)17-11-13-27(14-12-17)18-8-10-21(24-15-18)25-23(28)19-9-7-16-5-4-6-20(29-3)22(16)19/h4-6,8,10,15,17,19H,7,9,11-14H2,1-3H3,(H,24,25,28). The number of anilines is 2. The number of ether oxygens (including phenoxy) is 1. The maximum Gasteiger partial charge on any atom is 0.233 e. The minimum absolute atomic E-state index is 0.0136. The van der Waals surface area contributed by atoms with Crippen LogP contribution >= 0.6 is 0 Å². The SMILES string of the molecule is COc1cccc2c1C(C(=O)Nc1ccc(N3CCC(N(C)C)CC3)cn1)CC2. The molecule has 1 aromatic heterocycles. The Balaban J connectivity index is 1.40. The number of hydrogen-bond donors (Lipinski definition) is 1. The predicted molar refractivity (Wildman–Crippen MR) is 116 cm³/mol. The number of rotatable bonds is 5. The highest BCUT2D eigenvalue weighted by Crippen LogP contribution is 2.40. The van der Waals surface area contributed by atoms with Crippen LogP contribution in [0.15, 0.2) is 36.5 Å². The summed E-state index contributed by atoms with van der Waals surface area (Å²) in [7, 11) is 5.96. The van der Waals surface area contributed by atoms with Gasteiger partial charge in [0.1, 0.15) is 11.6 Å². The molecular weight excluding hydrogens is 364 g/mol. The van der Waals surface area contributed by atoms with E-state index in [0.717, 1.165) is 55.8 Å². The van der Waals surface area contributed by atoms with Crippen LogP contribution in [0.2, 0.25) is 0 Å². The number of nitrogens with zero attached hydrogens (tertiary/aromatic N) is 3. The minimum atomic E-state index is -0.187. The van der Waals surface area contributed by atoms with Crippen molar-refractivity contribution in [2.45, 2.75) is 37.6 Å². The third-order valence-corrected chi connectivity index (χ3v) is 6.30. The molecule has 0 bridgehead atoms. The topological polar surface area (TPSA) is 57.7 Å². The number of aryl methyl sites for hydroxylation is 1. The van der Waals surface area contributed by atoms with Gasteiger partial charge in [0, 0.05) is 24.7 Å². The van der Waals surface area contributed by atoms with Crippen molar-refractivity contribution in [1.29, 1.82) is 0 Å². The Morgan fingerprint density at radius 1 is 1.17 bits per heavy atom. The van der Waals surface area contributed by atoms with Crippen molar-refractivity contribution < 1.29 is 9.53 Å². The van der Waals surface area contributed by atoms with E-state index in [1.807, 2.05) is 24.4 Å². The second-order valence-electron chi connectivity index (χ2n) is 8.20. The number of fused-ring (bicyclic) bond motifs is 1. The molecule has 1 aliphatic carbocycles. The number of carbonyl (C=O) groups is 1. The molecule has 2 aromatic rings. The van der Waals surface area contributed by atoms with Crippen molar-refractivity contribution in [3.05, 3.63) is 47.7 Å². The van der Waals surface area contributed by atoms with Gasteiger partial charge in [0.2, 0.25) is 5.91 Å². The first-order valence-corrected chi connectivity index (χ1v) is 10.4. The average molecular weight is 395 g/mol. The molecule has 0 spiro atoms. The molecule has 1 amide bonds. The number of methoxy groups -OCH3 is 1. The number of amides is 1. The van der Waals surface area contributed by atoms with Gasteiger partial charge < -0.3 is 19.9 Å². The summed E-state index contributed by atoms with van der Waals surface area (Å²) in [5.74, 6) is 1.20. The Kier molecular flexibility index (Phi) is 5.72. The van der Waals surface area contributed by atoms with Gasteiger partial charge in [-0.05, 0) is 63.5 Å². The summed E-state index contributed by atoms with van der Waals surface area (Å²) in [5, 5.41) is 3.00. The third kappa shape index (κ3) is 4.08. The lowest BCUT2D eigenvalue weighted by atomic mass is 9.99. The van der Waals surface area contributed by atoms with Crippen LogP contribution in [0.25, 0.3) is 0 Å². The van der Waals surface area contributed by atoms with Crippen molar-refractivity contribution in [1.82, 2.24) is 9.88 Å². The van der Waals surface area contributed by atoms with E-state index in [1.165, 1.54) is 5.56 Å². The normalized spacial score (nSPS) is 19.3. The quantitative estimate of drug-likeness (QED) is 0.843. The Bertz CT molecular complexity index is 858. The molecule has 29 heavy (non-hydrogen) atoms. The second-order valence-corrected chi connectivity index (χ2v) is 8.20. The van der Waals surface area contributed by atoms with Crippen LogP contribution in [0.4, 0.5) is 11.5 Å². The number of benzene rings is 1. The highest BCUT2D eigenvalue weighted by Gasteiger charge is 2.31. The van der Waals surface area contributed by atoms with Crippen molar-refractivity contribution in [2.75, 3.05) is 44.5 Å². The molecule has 1 N–H and O–H groups in total. The van der Waals surface area contributed by atoms with Gasteiger partial charge in [-0.2, -0.15) is 0 Å². The van der Waals surface area contributed by atoms with Crippen molar-refractivity contribution in [3.8, 4) is 5.75 Å². The molecule has 4 rings (SSSR count). The fraction of sp³-hybridized carbons (Fsp3) is 0.478. The monoisotopic (exact) mass is 394 g/mol. The summed E-state index contributed by atoms with van der Waals surface area (Å²) >= 11 is 0. The Morgan fingerprint density at radius 2 is 1.97 bits per heavy atom. The summed E-state index contributed by atoms with van der Waals surface area (Å²) in [6.07, 6.45) is 5.90. The average Bonchev–Trinajstić information content (AvgIpc) is 3.19. The lowest BCUT2D eigenvalue weighted by Crippen LogP contribution is -2.42. The van der Waals surface area contributed by atoms with Crippen LogP contribution in [0.1, 0.15) is 36.3 Å². The van der Waals surface area contributed by atoms with Crippen LogP contribution in [0.5, 0.6) is 5.75 Å². The molecule has 1 aliphatic heterocycles. The molecule has 2 aliphatic rings. The van der Waals surface area contributed by atoms with Crippen LogP contribution in [-0.4, -0.2) is 56.1 Å². The number of hydrogen-bond acceptors (Lipinski definition) is 5. The number of nitrogens with one attached hydrogen (secondary N) is 1. The van der Waals surface area contributed by atoms with Crippen molar-refractivity contribution in [3.63, 3.8) is 0 Å². The number of piperidine rings is 1. The van der Waals surface area contributed by atoms with E-state index >= 15 is 0 Å². The molecular formula is C23H30N4O2. The highest BCUT2D eigenvalue weighted by molar-refractivity contribution is 5.96. The molecule has 0 saturated carbocycles. The highest BCUT2D eigenvalue weighted by atomic mass is 16.5. The largest absolute Gasteiger partial charge is 0.496 e. The van der Waals surface area contributed by atoms with Gasteiger partial charge in [-0.15, -0.1) is 0 Å². The Labute approximate surface area is 172 Å². The summed E-state index contributed by atoms with van der Waals surface area (Å²) in [6.45, 7) is 2.07. The first-order chi connectivity index (χ1) is 14.1. The smallest absolute Gasteiger partial charge is 0.233 e. The van der Waals surface area contributed by atoms with Gasteiger partial charge in [0.05, 0.1) is 24.9 Å². The van der Waals surface area contributed by atoms with Crippen LogP contribution in [-0.2, 0) is 11.2 Å². The second kappa shape index (κ2) is 8.41. The summed E-state index contributed by atoms with van der Waals surface area (Å²) in [5.41, 5.74) is 3.34. The van der Waals surface area contributed by atoms with E-state index in [9.17, 15) is 4.79 Å². The van der Waals surface area contributed by atoms with E-state index in [-0.39, 0.29) is 11.8 Å². The lowest BCUT2D eigenvalue weighted by Gasteiger charge is -2.36. The summed E-state index contributed by atoms with van der Waals surface area (Å²) in [4.78, 5) is 22.1. The van der Waals surface area contributed by atoms with Crippen molar-refractivity contribution >= 4 is 17.4 Å². The van der Waals surface area contributed by atoms with Gasteiger partial charge in [-0.25, -0.2) is 4.98 Å². The van der Waals surface area contributed by atoms with Gasteiger partial charge in [0.15, 0.2) is 0 Å². The molecule has 6 nitrogen and oxygen atoms in total. The molecule has 2 heterocycles. The van der Waals surface area contributed by atoms with Crippen LogP contribution in [0, 0.1) is 0 Å². The maximum atomic E-state index is 12.9. The molecule has 0 radical (unpaired) electrons. The molecule has 1 fully saturated rings. The van der Waals surface area contributed by atoms with Crippen molar-refractivity contribution in [2.24, 2.45) is 0 Å². The molecule has 1 saturated heterocycles. The Morgan fingerprint density at radius 3 is 2.62 bits per heavy atom. The fourth-order valence-corrected chi connectivity index (χ4v) is 4.59. The molecule has 1 aromatic carbocycles. The number of carbonyl (C=O) groups excluding carboxylic acids is 1. The van der Waals surface area contributed by atoms with E-state index in [0.29, 0.717) is 11.9 Å². The first kappa shape index (κ1) is 19.7. The van der Waals surface area contributed by atoms with Gasteiger partial charge in [-0.3, -0.25) is 4.79 Å². The third-order valence-electron chi connectivity index (χ3n) is 6.30. The zero-order chi connectivity index (χ0) is 20.4. The van der Waals surface area contributed by atoms with E-state index < -0.39 is 0 Å². The van der Waals surface area contributed by atoms with Gasteiger partial charge in [-0.1, -0.05) is 12.1 Å². The molecule has 1 unspecified atom stereocenters. The van der Waals surface area contributed by atoms with E-state index in [1.54, 1.807) is 7.11 Å². The molecule has 154 valence electrons. The molecule has 6 heteroatoms. The molecule has 1 atom stereocenters. The Hall–Kier alpha value is -2.60. The maximum absolute atomic E-state index is 12.9. The number of pyridine rings is 1. The minimum Gasteiger partial charge on any atom is -0.496 e. The van der Waals surface area contributed by atoms with E-state index in [4.69, 9.17) is 4.74 Å². The number of aromatic nitrogens is 1. The van der Waals surface area contributed by atoms with Crippen LogP contribution < -0.4 is 15.0 Å². The first-order valence-electron chi connectivity index (χ1n) is 10.4. The van der Waals surface area contributed by atoms with Gasteiger partial charge >= 0.3 is 0 Å². The summed E-state index contributed by atoms with van der Waals surface area (Å²) in [6, 6.07) is 10.6. The lowest BCUT2D eigenvalue weighted by molar-refractivity contribution is -0.117.